The summed E-state index contributed by atoms with van der Waals surface area (Å²) in [6.07, 6.45) is 1.53. The molecule has 1 amide bonds. The lowest BCUT2D eigenvalue weighted by molar-refractivity contribution is 0.0955. The van der Waals surface area contributed by atoms with Crippen LogP contribution >= 0.6 is 11.6 Å². The number of hydrazone groups is 1. The van der Waals surface area contributed by atoms with Gasteiger partial charge >= 0.3 is 0 Å². The van der Waals surface area contributed by atoms with E-state index >= 15 is 0 Å². The molecule has 7 heteroatoms. The SMILES string of the molecule is O=C(N/N=C/c1ccc(Cl)cc1)c1ccc2nonc2c1. The highest BCUT2D eigenvalue weighted by molar-refractivity contribution is 6.30. The third-order valence-corrected chi connectivity index (χ3v) is 3.02. The molecule has 21 heavy (non-hydrogen) atoms. The number of carbonyl (C=O) groups is 1. The normalized spacial score (nSPS) is 11.1. The first-order valence-corrected chi connectivity index (χ1v) is 6.41. The second kappa shape index (κ2) is 5.72. The number of nitrogens with zero attached hydrogens (tertiary/aromatic N) is 3. The number of nitrogens with one attached hydrogen (secondary N) is 1. The van der Waals surface area contributed by atoms with E-state index in [1.807, 2.05) is 0 Å². The van der Waals surface area contributed by atoms with E-state index in [0.29, 0.717) is 21.6 Å². The zero-order chi connectivity index (χ0) is 14.7. The minimum absolute atomic E-state index is 0.342. The van der Waals surface area contributed by atoms with Crippen molar-refractivity contribution in [1.29, 1.82) is 0 Å². The molecule has 6 nitrogen and oxygen atoms in total. The molecule has 0 spiro atoms. The average molecular weight is 301 g/mol. The number of amides is 1. The maximum atomic E-state index is 11.9. The Bertz CT molecular complexity index is 811. The van der Waals surface area contributed by atoms with Crippen LogP contribution in [0.3, 0.4) is 0 Å². The molecule has 3 rings (SSSR count). The van der Waals surface area contributed by atoms with Gasteiger partial charge in [-0.15, -0.1) is 0 Å². The number of aromatic nitrogens is 2. The van der Waals surface area contributed by atoms with Crippen LogP contribution in [0.4, 0.5) is 0 Å². The summed E-state index contributed by atoms with van der Waals surface area (Å²) in [5.41, 5.74) is 4.80. The molecule has 0 aliphatic carbocycles. The zero-order valence-corrected chi connectivity index (χ0v) is 11.4. The number of halogens is 1. The highest BCUT2D eigenvalue weighted by Crippen LogP contribution is 2.11. The molecule has 0 saturated carbocycles. The summed E-state index contributed by atoms with van der Waals surface area (Å²) in [4.78, 5) is 11.9. The zero-order valence-electron chi connectivity index (χ0n) is 10.7. The van der Waals surface area contributed by atoms with Crippen LogP contribution in [0.2, 0.25) is 5.02 Å². The fourth-order valence-corrected chi connectivity index (χ4v) is 1.83. The van der Waals surface area contributed by atoms with Gasteiger partial charge in [0.15, 0.2) is 0 Å². The Kier molecular flexibility index (Phi) is 3.61. The van der Waals surface area contributed by atoms with Crippen LogP contribution < -0.4 is 5.43 Å². The molecule has 1 heterocycles. The van der Waals surface area contributed by atoms with Crippen LogP contribution in [0.25, 0.3) is 11.0 Å². The predicted octanol–water partition coefficient (Wildman–Crippen LogP) is 2.64. The van der Waals surface area contributed by atoms with Gasteiger partial charge in [0.2, 0.25) is 0 Å². The number of hydrogen-bond donors (Lipinski definition) is 1. The van der Waals surface area contributed by atoms with Crippen molar-refractivity contribution in [2.24, 2.45) is 5.10 Å². The second-order valence-electron chi connectivity index (χ2n) is 4.22. The van der Waals surface area contributed by atoms with E-state index in [4.69, 9.17) is 11.6 Å². The molecule has 0 aliphatic heterocycles. The number of carbonyl (C=O) groups excluding carboxylic acids is 1. The highest BCUT2D eigenvalue weighted by atomic mass is 35.5. The summed E-state index contributed by atoms with van der Waals surface area (Å²) >= 11 is 5.78. The summed E-state index contributed by atoms with van der Waals surface area (Å²) in [6, 6.07) is 11.9. The predicted molar refractivity (Wildman–Crippen MR) is 78.3 cm³/mol. The molecule has 1 aromatic heterocycles. The fraction of sp³-hybridized carbons (Fsp3) is 0. The third-order valence-electron chi connectivity index (χ3n) is 2.77. The molecule has 0 aliphatic rings. The largest absolute Gasteiger partial charge is 0.271 e. The summed E-state index contributed by atoms with van der Waals surface area (Å²) < 4.78 is 4.58. The van der Waals surface area contributed by atoms with Gasteiger partial charge < -0.3 is 0 Å². The topological polar surface area (TPSA) is 80.4 Å². The van der Waals surface area contributed by atoms with Crippen LogP contribution in [-0.4, -0.2) is 22.4 Å². The van der Waals surface area contributed by atoms with E-state index in [0.717, 1.165) is 5.56 Å². The van der Waals surface area contributed by atoms with E-state index in [2.05, 4.69) is 25.5 Å². The molecule has 0 bridgehead atoms. The first-order chi connectivity index (χ1) is 10.2. The third kappa shape index (κ3) is 3.06. The number of benzene rings is 2. The summed E-state index contributed by atoms with van der Waals surface area (Å²) in [5, 5.41) is 11.9. The molecule has 0 atom stereocenters. The number of fused-ring (bicyclic) bond motifs is 1. The quantitative estimate of drug-likeness (QED) is 0.595. The van der Waals surface area contributed by atoms with E-state index in [-0.39, 0.29) is 5.91 Å². The summed E-state index contributed by atoms with van der Waals surface area (Å²) in [5.74, 6) is -0.342. The van der Waals surface area contributed by atoms with Crippen molar-refractivity contribution in [3.63, 3.8) is 0 Å². The maximum Gasteiger partial charge on any atom is 0.271 e. The van der Waals surface area contributed by atoms with Gasteiger partial charge in [0.05, 0.1) is 6.21 Å². The molecule has 0 radical (unpaired) electrons. The van der Waals surface area contributed by atoms with Crippen molar-refractivity contribution in [2.45, 2.75) is 0 Å². The van der Waals surface area contributed by atoms with Crippen molar-refractivity contribution < 1.29 is 9.42 Å². The molecule has 0 saturated heterocycles. The molecular weight excluding hydrogens is 292 g/mol. The summed E-state index contributed by atoms with van der Waals surface area (Å²) in [7, 11) is 0. The van der Waals surface area contributed by atoms with Gasteiger partial charge in [0.25, 0.3) is 5.91 Å². The Morgan fingerprint density at radius 3 is 2.71 bits per heavy atom. The minimum atomic E-state index is -0.342. The molecular formula is C14H9ClN4O2. The van der Waals surface area contributed by atoms with Crippen molar-refractivity contribution in [3.05, 3.63) is 58.6 Å². The van der Waals surface area contributed by atoms with Gasteiger partial charge in [-0.3, -0.25) is 4.79 Å². The van der Waals surface area contributed by atoms with Crippen molar-refractivity contribution in [1.82, 2.24) is 15.7 Å². The average Bonchev–Trinajstić information content (AvgIpc) is 2.96. The van der Waals surface area contributed by atoms with Crippen LogP contribution in [0.1, 0.15) is 15.9 Å². The van der Waals surface area contributed by atoms with Gasteiger partial charge in [-0.25, -0.2) is 10.1 Å². The molecule has 1 N–H and O–H groups in total. The molecule has 3 aromatic rings. The lowest BCUT2D eigenvalue weighted by Crippen LogP contribution is -2.17. The Labute approximate surface area is 124 Å². The lowest BCUT2D eigenvalue weighted by atomic mass is 10.2. The number of rotatable bonds is 3. The van der Waals surface area contributed by atoms with Crippen molar-refractivity contribution in [3.8, 4) is 0 Å². The highest BCUT2D eigenvalue weighted by Gasteiger charge is 2.07. The summed E-state index contributed by atoms with van der Waals surface area (Å²) in [6.45, 7) is 0. The molecule has 2 aromatic carbocycles. The Hall–Kier alpha value is -2.73. The molecule has 0 unspecified atom stereocenters. The van der Waals surface area contributed by atoms with E-state index in [1.165, 1.54) is 6.21 Å². The van der Waals surface area contributed by atoms with Gasteiger partial charge in [-0.2, -0.15) is 5.10 Å². The van der Waals surface area contributed by atoms with Gasteiger partial charge in [-0.05, 0) is 46.2 Å². The van der Waals surface area contributed by atoms with E-state index in [9.17, 15) is 4.79 Å². The van der Waals surface area contributed by atoms with E-state index < -0.39 is 0 Å². The Morgan fingerprint density at radius 2 is 1.90 bits per heavy atom. The monoisotopic (exact) mass is 300 g/mol. The van der Waals surface area contributed by atoms with Crippen LogP contribution in [0, 0.1) is 0 Å². The van der Waals surface area contributed by atoms with Crippen molar-refractivity contribution >= 4 is 34.8 Å². The van der Waals surface area contributed by atoms with Gasteiger partial charge in [0, 0.05) is 10.6 Å². The minimum Gasteiger partial charge on any atom is -0.267 e. The Balaban J connectivity index is 1.69. The lowest BCUT2D eigenvalue weighted by Gasteiger charge is -1.99. The smallest absolute Gasteiger partial charge is 0.267 e. The van der Waals surface area contributed by atoms with Crippen LogP contribution in [-0.2, 0) is 0 Å². The van der Waals surface area contributed by atoms with Gasteiger partial charge in [-0.1, -0.05) is 23.7 Å². The maximum absolute atomic E-state index is 11.9. The van der Waals surface area contributed by atoms with Gasteiger partial charge in [0.1, 0.15) is 11.0 Å². The van der Waals surface area contributed by atoms with Crippen LogP contribution in [0.5, 0.6) is 0 Å². The molecule has 0 fully saturated rings. The number of hydrogen-bond acceptors (Lipinski definition) is 5. The van der Waals surface area contributed by atoms with Crippen LogP contribution in [0.15, 0.2) is 52.2 Å². The molecule has 104 valence electrons. The Morgan fingerprint density at radius 1 is 1.14 bits per heavy atom. The first kappa shape index (κ1) is 13.3. The van der Waals surface area contributed by atoms with Crippen molar-refractivity contribution in [2.75, 3.05) is 0 Å². The standard InChI is InChI=1S/C14H9ClN4O2/c15-11-4-1-9(2-5-11)8-16-17-14(20)10-3-6-12-13(7-10)19-21-18-12/h1-8H,(H,17,20)/b16-8+. The second-order valence-corrected chi connectivity index (χ2v) is 4.65. The van der Waals surface area contributed by atoms with E-state index in [1.54, 1.807) is 42.5 Å². The fourth-order valence-electron chi connectivity index (χ4n) is 1.70. The first-order valence-electron chi connectivity index (χ1n) is 6.04.